The highest BCUT2D eigenvalue weighted by Gasteiger charge is 2.32. The van der Waals surface area contributed by atoms with Gasteiger partial charge < -0.3 is 21.1 Å². The van der Waals surface area contributed by atoms with E-state index in [1.165, 1.54) is 0 Å². The van der Waals surface area contributed by atoms with E-state index in [2.05, 4.69) is 0 Å². The van der Waals surface area contributed by atoms with Gasteiger partial charge in [0.05, 0.1) is 6.10 Å². The van der Waals surface area contributed by atoms with Gasteiger partial charge in [-0.1, -0.05) is 30.3 Å². The fourth-order valence-corrected chi connectivity index (χ4v) is 2.58. The van der Waals surface area contributed by atoms with Crippen LogP contribution in [-0.2, 0) is 20.9 Å². The topological polar surface area (TPSA) is 98.7 Å². The molecular weight excluding hydrogens is 318 g/mol. The number of carbonyl (C=O) groups is 2. The molecule has 128 valence electrons. The zero-order valence-corrected chi connectivity index (χ0v) is 13.8. The van der Waals surface area contributed by atoms with Crippen LogP contribution in [0.4, 0.5) is 0 Å². The fraction of sp³-hybridized carbons (Fsp3) is 0.500. The molecule has 1 saturated heterocycles. The number of nitrogens with two attached hydrogens (primary N) is 2. The van der Waals surface area contributed by atoms with E-state index in [1.807, 2.05) is 30.3 Å². The molecule has 0 aliphatic carbocycles. The average molecular weight is 342 g/mol. The Hall–Kier alpha value is -1.63. The summed E-state index contributed by atoms with van der Waals surface area (Å²) in [6, 6.07) is 9.65. The lowest BCUT2D eigenvalue weighted by molar-refractivity contribution is -0.143. The van der Waals surface area contributed by atoms with E-state index in [4.69, 9.17) is 16.2 Å². The Morgan fingerprint density at radius 1 is 1.22 bits per heavy atom. The van der Waals surface area contributed by atoms with Crippen LogP contribution in [0.1, 0.15) is 24.8 Å². The molecule has 1 aliphatic rings. The van der Waals surface area contributed by atoms with Gasteiger partial charge in [-0.05, 0) is 18.4 Å². The summed E-state index contributed by atoms with van der Waals surface area (Å²) in [5.74, 6) is -0.515. The maximum atomic E-state index is 12.6. The third-order valence-electron chi connectivity index (χ3n) is 3.80. The Bertz CT molecular complexity index is 513. The molecule has 0 spiro atoms. The van der Waals surface area contributed by atoms with Crippen LogP contribution in [0.2, 0.25) is 0 Å². The second-order valence-electron chi connectivity index (χ2n) is 5.52. The molecule has 0 saturated carbocycles. The first-order valence-corrected chi connectivity index (χ1v) is 7.56. The first kappa shape index (κ1) is 19.4. The molecule has 0 bridgehead atoms. The zero-order chi connectivity index (χ0) is 15.9. The highest BCUT2D eigenvalue weighted by atomic mass is 35.5. The van der Waals surface area contributed by atoms with Crippen molar-refractivity contribution in [3.05, 3.63) is 35.9 Å². The summed E-state index contributed by atoms with van der Waals surface area (Å²) in [5.41, 5.74) is 11.8. The summed E-state index contributed by atoms with van der Waals surface area (Å²) in [5, 5.41) is 0. The summed E-state index contributed by atoms with van der Waals surface area (Å²) in [4.78, 5) is 25.3. The SMILES string of the molecule is Cl.NC[C@H]1CC[C@@H](C(=O)N(CCC(N)=O)Cc2ccccc2)O1. The molecule has 1 aliphatic heterocycles. The molecule has 1 aromatic carbocycles. The normalized spacial score (nSPS) is 19.9. The number of rotatable bonds is 7. The predicted molar refractivity (Wildman–Crippen MR) is 89.9 cm³/mol. The maximum Gasteiger partial charge on any atom is 0.252 e. The van der Waals surface area contributed by atoms with Crippen LogP contribution in [0.15, 0.2) is 30.3 Å². The second-order valence-corrected chi connectivity index (χ2v) is 5.52. The number of nitrogens with zero attached hydrogens (tertiary/aromatic N) is 1. The number of hydrogen-bond acceptors (Lipinski definition) is 4. The van der Waals surface area contributed by atoms with Crippen molar-refractivity contribution in [2.45, 2.75) is 38.0 Å². The Balaban J connectivity index is 0.00000264. The van der Waals surface area contributed by atoms with Crippen molar-refractivity contribution >= 4 is 24.2 Å². The van der Waals surface area contributed by atoms with Crippen LogP contribution >= 0.6 is 12.4 Å². The molecule has 1 aromatic rings. The molecule has 23 heavy (non-hydrogen) atoms. The minimum absolute atomic E-state index is 0. The standard InChI is InChI=1S/C16H23N3O3.ClH/c17-10-13-6-7-14(22-13)16(21)19(9-8-15(18)20)11-12-4-2-1-3-5-12;/h1-5,13-14H,6-11,17H2,(H2,18,20);1H/t13-,14+;/m1./s1. The van der Waals surface area contributed by atoms with Crippen molar-refractivity contribution in [3.63, 3.8) is 0 Å². The Labute approximate surface area is 142 Å². The minimum Gasteiger partial charge on any atom is -0.370 e. The van der Waals surface area contributed by atoms with Gasteiger partial charge in [0.25, 0.3) is 5.91 Å². The van der Waals surface area contributed by atoms with E-state index in [0.717, 1.165) is 12.0 Å². The van der Waals surface area contributed by atoms with Crippen molar-refractivity contribution in [2.24, 2.45) is 11.5 Å². The summed E-state index contributed by atoms with van der Waals surface area (Å²) >= 11 is 0. The van der Waals surface area contributed by atoms with Gasteiger partial charge in [-0.2, -0.15) is 0 Å². The second kappa shape index (κ2) is 9.50. The lowest BCUT2D eigenvalue weighted by Gasteiger charge is -2.25. The molecule has 0 aromatic heterocycles. The van der Waals surface area contributed by atoms with Crippen LogP contribution in [0, 0.1) is 0 Å². The number of ether oxygens (including phenoxy) is 1. The van der Waals surface area contributed by atoms with Gasteiger partial charge in [-0.25, -0.2) is 0 Å². The lowest BCUT2D eigenvalue weighted by Crippen LogP contribution is -2.40. The summed E-state index contributed by atoms with van der Waals surface area (Å²) in [7, 11) is 0. The molecule has 2 rings (SSSR count). The summed E-state index contributed by atoms with van der Waals surface area (Å²) in [6.45, 7) is 1.17. The molecule has 1 fully saturated rings. The first-order chi connectivity index (χ1) is 10.6. The molecule has 0 radical (unpaired) electrons. The highest BCUT2D eigenvalue weighted by molar-refractivity contribution is 5.85. The third-order valence-corrected chi connectivity index (χ3v) is 3.80. The zero-order valence-electron chi connectivity index (χ0n) is 13.0. The van der Waals surface area contributed by atoms with E-state index in [0.29, 0.717) is 26.1 Å². The molecular formula is C16H24ClN3O3. The monoisotopic (exact) mass is 341 g/mol. The number of carbonyl (C=O) groups excluding carboxylic acids is 2. The van der Waals surface area contributed by atoms with E-state index >= 15 is 0 Å². The van der Waals surface area contributed by atoms with Gasteiger partial charge in [0.1, 0.15) is 6.10 Å². The maximum absolute atomic E-state index is 12.6. The predicted octanol–water partition coefficient (Wildman–Crippen LogP) is 0.819. The number of benzene rings is 1. The first-order valence-electron chi connectivity index (χ1n) is 7.56. The van der Waals surface area contributed by atoms with Crippen molar-refractivity contribution in [1.29, 1.82) is 0 Å². The molecule has 4 N–H and O–H groups in total. The molecule has 2 atom stereocenters. The van der Waals surface area contributed by atoms with Crippen LogP contribution < -0.4 is 11.5 Å². The van der Waals surface area contributed by atoms with E-state index in [9.17, 15) is 9.59 Å². The third kappa shape index (κ3) is 5.82. The van der Waals surface area contributed by atoms with Crippen LogP contribution in [0.5, 0.6) is 0 Å². The molecule has 0 unspecified atom stereocenters. The highest BCUT2D eigenvalue weighted by Crippen LogP contribution is 2.21. The quantitative estimate of drug-likeness (QED) is 0.767. The molecule has 2 amide bonds. The van der Waals surface area contributed by atoms with E-state index < -0.39 is 12.0 Å². The summed E-state index contributed by atoms with van der Waals surface area (Å²) < 4.78 is 5.67. The number of primary amides is 1. The molecule has 7 heteroatoms. The van der Waals surface area contributed by atoms with E-state index in [1.54, 1.807) is 4.90 Å². The smallest absolute Gasteiger partial charge is 0.252 e. The van der Waals surface area contributed by atoms with Gasteiger partial charge in [0.15, 0.2) is 0 Å². The average Bonchev–Trinajstić information content (AvgIpc) is 3.00. The Morgan fingerprint density at radius 3 is 2.48 bits per heavy atom. The van der Waals surface area contributed by atoms with Crippen molar-refractivity contribution in [1.82, 2.24) is 4.90 Å². The van der Waals surface area contributed by atoms with Crippen LogP contribution in [0.25, 0.3) is 0 Å². The molecule has 1 heterocycles. The molecule has 6 nitrogen and oxygen atoms in total. The Kier molecular flexibility index (Phi) is 8.02. The van der Waals surface area contributed by atoms with Crippen molar-refractivity contribution in [3.8, 4) is 0 Å². The fourth-order valence-electron chi connectivity index (χ4n) is 2.58. The van der Waals surface area contributed by atoms with Gasteiger partial charge in [0.2, 0.25) is 5.91 Å². The van der Waals surface area contributed by atoms with Gasteiger partial charge >= 0.3 is 0 Å². The Morgan fingerprint density at radius 2 is 1.91 bits per heavy atom. The largest absolute Gasteiger partial charge is 0.370 e. The number of hydrogen-bond donors (Lipinski definition) is 2. The van der Waals surface area contributed by atoms with Crippen molar-refractivity contribution < 1.29 is 14.3 Å². The van der Waals surface area contributed by atoms with E-state index in [-0.39, 0.29) is 30.8 Å². The van der Waals surface area contributed by atoms with Gasteiger partial charge in [-0.3, -0.25) is 9.59 Å². The van der Waals surface area contributed by atoms with Crippen LogP contribution in [0.3, 0.4) is 0 Å². The number of amides is 2. The van der Waals surface area contributed by atoms with Crippen LogP contribution in [-0.4, -0.2) is 42.0 Å². The van der Waals surface area contributed by atoms with Crippen molar-refractivity contribution in [2.75, 3.05) is 13.1 Å². The number of halogens is 1. The lowest BCUT2D eigenvalue weighted by atomic mass is 10.1. The van der Waals surface area contributed by atoms with Gasteiger partial charge in [-0.15, -0.1) is 12.4 Å². The minimum atomic E-state index is -0.467. The van der Waals surface area contributed by atoms with Gasteiger partial charge in [0, 0.05) is 26.1 Å². The summed E-state index contributed by atoms with van der Waals surface area (Å²) in [6.07, 6.45) is 1.09.